The molecule has 3 aliphatic heterocycles. The van der Waals surface area contributed by atoms with Crippen LogP contribution in [0.4, 0.5) is 0 Å². The maximum Gasteiger partial charge on any atom is 0.383 e. The molecule has 1 fully saturated rings. The third-order valence-corrected chi connectivity index (χ3v) is 2.94. The van der Waals surface area contributed by atoms with Crippen LogP contribution in [-0.2, 0) is 4.74 Å². The van der Waals surface area contributed by atoms with Crippen molar-refractivity contribution in [3.63, 3.8) is 0 Å². The Morgan fingerprint density at radius 3 is 2.47 bits per heavy atom. The van der Waals surface area contributed by atoms with E-state index in [1.165, 1.54) is 24.3 Å². The van der Waals surface area contributed by atoms with Gasteiger partial charge in [-0.1, -0.05) is 0 Å². The Balaban J connectivity index is 0.000000186. The molecule has 0 spiro atoms. The minimum atomic E-state index is -1.36. The number of esters is 1. The fourth-order valence-corrected chi connectivity index (χ4v) is 1.86. The second-order valence-corrected chi connectivity index (χ2v) is 4.42. The summed E-state index contributed by atoms with van der Waals surface area (Å²) < 4.78 is 4.62. The van der Waals surface area contributed by atoms with Crippen LogP contribution in [0.2, 0.25) is 0 Å². The monoisotopic (exact) mass is 265 g/mol. The van der Waals surface area contributed by atoms with Crippen molar-refractivity contribution in [2.75, 3.05) is 13.1 Å². The third kappa shape index (κ3) is 3.27. The van der Waals surface area contributed by atoms with E-state index in [9.17, 15) is 14.9 Å². The second-order valence-electron chi connectivity index (χ2n) is 4.42. The van der Waals surface area contributed by atoms with Crippen molar-refractivity contribution >= 4 is 5.97 Å². The number of nitrogens with one attached hydrogen (secondary N) is 1. The summed E-state index contributed by atoms with van der Waals surface area (Å²) in [4.78, 5) is 20.9. The van der Waals surface area contributed by atoms with Gasteiger partial charge in [-0.2, -0.15) is 0 Å². The molecule has 7 heteroatoms. The van der Waals surface area contributed by atoms with E-state index >= 15 is 0 Å². The number of benzene rings is 1. The van der Waals surface area contributed by atoms with Gasteiger partial charge < -0.3 is 15.8 Å². The van der Waals surface area contributed by atoms with Gasteiger partial charge in [-0.15, -0.1) is 0 Å². The molecule has 3 aliphatic rings. The maximum absolute atomic E-state index is 11.1. The highest BCUT2D eigenvalue weighted by Crippen LogP contribution is 2.24. The number of carbonyl (C=O) groups excluding carboxylic acids is 1. The number of fused-ring (bicyclic) bond motifs is 4. The molecule has 0 amide bonds. The summed E-state index contributed by atoms with van der Waals surface area (Å²) in [5.74, 6) is -0.651. The van der Waals surface area contributed by atoms with Crippen molar-refractivity contribution in [1.29, 1.82) is 0 Å². The highest BCUT2D eigenvalue weighted by atomic mass is 16.7. The van der Waals surface area contributed by atoms with Crippen LogP contribution in [-0.4, -0.2) is 30.0 Å². The Morgan fingerprint density at radius 2 is 2.05 bits per heavy atom. The number of hydrogen-bond acceptors (Lipinski definition) is 6. The first kappa shape index (κ1) is 13.4. The first-order valence-electron chi connectivity index (χ1n) is 5.98. The standard InChI is InChI=1S/C8H5NO4.C4H10N2/c10-8-6-3-1-5(2-4-6)7(13-8)9(11)12;5-4-1-2-6-3-4/h1-4,7H;4,6H,1-3,5H2. The molecule has 2 unspecified atom stereocenters. The Hall–Kier alpha value is -1.99. The van der Waals surface area contributed by atoms with E-state index in [-0.39, 0.29) is 0 Å². The molecule has 0 aromatic heterocycles. The second kappa shape index (κ2) is 5.77. The lowest BCUT2D eigenvalue weighted by molar-refractivity contribution is -0.574. The molecule has 7 nitrogen and oxygen atoms in total. The van der Waals surface area contributed by atoms with E-state index in [1.54, 1.807) is 0 Å². The summed E-state index contributed by atoms with van der Waals surface area (Å²) in [6.07, 6.45) is -0.208. The van der Waals surface area contributed by atoms with Crippen molar-refractivity contribution in [1.82, 2.24) is 5.32 Å². The van der Waals surface area contributed by atoms with E-state index in [0.717, 1.165) is 19.5 Å². The number of ether oxygens (including phenoxy) is 1. The zero-order chi connectivity index (χ0) is 13.8. The van der Waals surface area contributed by atoms with Gasteiger partial charge in [0.05, 0.1) is 16.1 Å². The molecule has 102 valence electrons. The zero-order valence-electron chi connectivity index (χ0n) is 10.2. The molecule has 1 saturated heterocycles. The number of nitro groups is 1. The molecule has 2 atom stereocenters. The molecule has 0 radical (unpaired) electrons. The molecule has 2 bridgehead atoms. The summed E-state index contributed by atoms with van der Waals surface area (Å²) in [5, 5.41) is 13.6. The Kier molecular flexibility index (Phi) is 4.08. The number of nitrogens with zero attached hydrogens (tertiary/aromatic N) is 1. The summed E-state index contributed by atoms with van der Waals surface area (Å²) >= 11 is 0. The molecule has 1 aromatic rings. The van der Waals surface area contributed by atoms with Crippen LogP contribution in [0.1, 0.15) is 28.6 Å². The molecule has 19 heavy (non-hydrogen) atoms. The van der Waals surface area contributed by atoms with Gasteiger partial charge in [0.25, 0.3) is 0 Å². The van der Waals surface area contributed by atoms with Gasteiger partial charge in [0.2, 0.25) is 0 Å². The molecular formula is C12H15N3O4. The van der Waals surface area contributed by atoms with E-state index in [0.29, 0.717) is 17.2 Å². The number of carbonyl (C=O) groups is 1. The van der Waals surface area contributed by atoms with Crippen LogP contribution < -0.4 is 11.1 Å². The largest absolute Gasteiger partial charge is 0.390 e. The smallest absolute Gasteiger partial charge is 0.383 e. The molecule has 4 rings (SSSR count). The first-order chi connectivity index (χ1) is 9.08. The van der Waals surface area contributed by atoms with Gasteiger partial charge in [-0.3, -0.25) is 10.1 Å². The SMILES string of the molecule is NC1CCNC1.O=C1OC([N+](=O)[O-])c2ccc1cc2. The fraction of sp³-hybridized carbons (Fsp3) is 0.417. The topological polar surface area (TPSA) is 107 Å². The zero-order valence-corrected chi connectivity index (χ0v) is 10.2. The van der Waals surface area contributed by atoms with E-state index < -0.39 is 17.1 Å². The average molecular weight is 265 g/mol. The molecule has 3 heterocycles. The summed E-state index contributed by atoms with van der Waals surface area (Å²) in [7, 11) is 0. The van der Waals surface area contributed by atoms with E-state index in [1.807, 2.05) is 0 Å². The Labute approximate surface area is 109 Å². The highest BCUT2D eigenvalue weighted by Gasteiger charge is 2.30. The molecule has 3 N–H and O–H groups in total. The van der Waals surface area contributed by atoms with Crippen LogP contribution in [0.25, 0.3) is 0 Å². The average Bonchev–Trinajstić information content (AvgIpc) is 2.75. The molecule has 1 aromatic carbocycles. The number of rotatable bonds is 1. The van der Waals surface area contributed by atoms with Crippen LogP contribution in [0, 0.1) is 10.1 Å². The number of hydrogen-bond donors (Lipinski definition) is 2. The van der Waals surface area contributed by atoms with Gasteiger partial charge in [-0.25, -0.2) is 4.79 Å². The van der Waals surface area contributed by atoms with E-state index in [2.05, 4.69) is 10.1 Å². The van der Waals surface area contributed by atoms with Crippen LogP contribution in [0.15, 0.2) is 24.3 Å². The first-order valence-corrected chi connectivity index (χ1v) is 5.98. The molecule has 0 saturated carbocycles. The summed E-state index contributed by atoms with van der Waals surface area (Å²) in [6.45, 7) is 2.13. The fourth-order valence-electron chi connectivity index (χ4n) is 1.86. The highest BCUT2D eigenvalue weighted by molar-refractivity contribution is 5.90. The third-order valence-electron chi connectivity index (χ3n) is 2.94. The van der Waals surface area contributed by atoms with Crippen molar-refractivity contribution in [3.8, 4) is 0 Å². The van der Waals surface area contributed by atoms with Gasteiger partial charge in [0.15, 0.2) is 0 Å². The van der Waals surface area contributed by atoms with Gasteiger partial charge in [-0.05, 0) is 37.2 Å². The lowest BCUT2D eigenvalue weighted by Crippen LogP contribution is -2.21. The lowest BCUT2D eigenvalue weighted by atomic mass is 10.1. The summed E-state index contributed by atoms with van der Waals surface area (Å²) in [6, 6.07) is 6.51. The van der Waals surface area contributed by atoms with Gasteiger partial charge >= 0.3 is 12.2 Å². The van der Waals surface area contributed by atoms with Crippen molar-refractivity contribution in [3.05, 3.63) is 45.5 Å². The van der Waals surface area contributed by atoms with Crippen LogP contribution in [0.5, 0.6) is 0 Å². The molecule has 0 aliphatic carbocycles. The summed E-state index contributed by atoms with van der Waals surface area (Å²) in [5.41, 5.74) is 6.20. The Morgan fingerprint density at radius 1 is 1.37 bits per heavy atom. The van der Waals surface area contributed by atoms with E-state index in [4.69, 9.17) is 5.73 Å². The van der Waals surface area contributed by atoms with Gasteiger partial charge in [0.1, 0.15) is 0 Å². The van der Waals surface area contributed by atoms with Crippen molar-refractivity contribution in [2.24, 2.45) is 5.73 Å². The van der Waals surface area contributed by atoms with Crippen molar-refractivity contribution < 1.29 is 14.5 Å². The van der Waals surface area contributed by atoms with Crippen LogP contribution >= 0.6 is 0 Å². The predicted molar refractivity (Wildman–Crippen MR) is 67.1 cm³/mol. The van der Waals surface area contributed by atoms with Crippen LogP contribution in [0.3, 0.4) is 0 Å². The van der Waals surface area contributed by atoms with Crippen molar-refractivity contribution in [2.45, 2.75) is 18.7 Å². The quantitative estimate of drug-likeness (QED) is 0.433. The van der Waals surface area contributed by atoms with Gasteiger partial charge in [0, 0.05) is 12.6 Å². The Bertz CT molecular complexity index is 468. The lowest BCUT2D eigenvalue weighted by Gasteiger charge is -2.05. The maximum atomic E-state index is 11.1. The molecular weight excluding hydrogens is 250 g/mol. The number of nitrogens with two attached hydrogens (primary N) is 1. The minimum Gasteiger partial charge on any atom is -0.390 e. The predicted octanol–water partition coefficient (Wildman–Crippen LogP) is 0.439. The minimum absolute atomic E-state index is 0.341. The normalized spacial score (nSPS) is 24.2.